The molecule has 0 amide bonds. The first-order valence-corrected chi connectivity index (χ1v) is 14.7. The minimum absolute atomic E-state index is 0.199. The van der Waals surface area contributed by atoms with Crippen molar-refractivity contribution in [3.8, 4) is 6.07 Å². The van der Waals surface area contributed by atoms with E-state index in [2.05, 4.69) is 41.4 Å². The van der Waals surface area contributed by atoms with Crippen LogP contribution >= 0.6 is 0 Å². The number of nitrogens with zero attached hydrogens (tertiary/aromatic N) is 4. The van der Waals surface area contributed by atoms with Crippen LogP contribution in [0.25, 0.3) is 16.6 Å². The molecule has 2 heterocycles. The number of carbonyl (C=O) groups excluding carboxylic acids is 1. The summed E-state index contributed by atoms with van der Waals surface area (Å²) in [4.78, 5) is 20.5. The topological polar surface area (TPSA) is 80.3 Å². The van der Waals surface area contributed by atoms with Crippen LogP contribution in [0, 0.1) is 16.7 Å². The van der Waals surface area contributed by atoms with Crippen molar-refractivity contribution < 1.29 is 9.53 Å². The molecular weight excluding hydrogens is 416 g/mol. The summed E-state index contributed by atoms with van der Waals surface area (Å²) >= 11 is 0. The quantitative estimate of drug-likeness (QED) is 0.227. The molecule has 0 spiro atoms. The normalized spacial score (nSPS) is 15.4. The maximum atomic E-state index is 11.7. The highest BCUT2D eigenvalue weighted by Crippen LogP contribution is 2.47. The van der Waals surface area contributed by atoms with Gasteiger partial charge in [0.15, 0.2) is 0 Å². The van der Waals surface area contributed by atoms with Gasteiger partial charge in [-0.2, -0.15) is 5.26 Å². The number of ether oxygens (including phenoxy) is 1. The Balaban J connectivity index is 1.96. The molecule has 7 heteroatoms. The van der Waals surface area contributed by atoms with Crippen molar-refractivity contribution in [1.29, 1.82) is 5.26 Å². The number of aliphatic imine (C=N–C) groups is 1. The summed E-state index contributed by atoms with van der Waals surface area (Å²) in [7, 11) is 0.601. The van der Waals surface area contributed by atoms with Crippen molar-refractivity contribution in [2.75, 3.05) is 13.7 Å². The SMILES string of the molecule is CN=CC(=C=C(C)C1(CC#N)CC(=O)C1)c1ccnc2c1ccn2COCC[Si](C)(C)C. The molecule has 1 aliphatic carbocycles. The third-order valence-corrected chi connectivity index (χ3v) is 7.75. The van der Waals surface area contributed by atoms with Gasteiger partial charge in [0, 0.05) is 81.5 Å². The van der Waals surface area contributed by atoms with E-state index in [-0.39, 0.29) is 5.78 Å². The molecule has 0 unspecified atom stereocenters. The molecule has 1 fully saturated rings. The van der Waals surface area contributed by atoms with Crippen molar-refractivity contribution in [2.24, 2.45) is 10.4 Å². The van der Waals surface area contributed by atoms with Crippen LogP contribution in [0.2, 0.25) is 25.7 Å². The molecule has 2 aromatic heterocycles. The van der Waals surface area contributed by atoms with E-state index >= 15 is 0 Å². The minimum Gasteiger partial charge on any atom is -0.361 e. The van der Waals surface area contributed by atoms with Crippen LogP contribution < -0.4 is 0 Å². The second-order valence-corrected chi connectivity index (χ2v) is 15.4. The van der Waals surface area contributed by atoms with Gasteiger partial charge in [-0.25, -0.2) is 4.98 Å². The van der Waals surface area contributed by atoms with E-state index in [0.29, 0.717) is 26.0 Å². The maximum absolute atomic E-state index is 11.7. The summed E-state index contributed by atoms with van der Waals surface area (Å²) in [5, 5.41) is 10.3. The van der Waals surface area contributed by atoms with Crippen LogP contribution in [0.15, 0.2) is 40.8 Å². The molecule has 32 heavy (non-hydrogen) atoms. The van der Waals surface area contributed by atoms with E-state index in [1.165, 1.54) is 0 Å². The third-order valence-electron chi connectivity index (χ3n) is 6.04. The number of nitriles is 1. The molecule has 0 atom stereocenters. The Bertz CT molecular complexity index is 1130. The largest absolute Gasteiger partial charge is 0.361 e. The Morgan fingerprint density at radius 3 is 2.75 bits per heavy atom. The van der Waals surface area contributed by atoms with E-state index in [9.17, 15) is 10.1 Å². The smallest absolute Gasteiger partial charge is 0.142 e. The lowest BCUT2D eigenvalue weighted by Crippen LogP contribution is -2.38. The summed E-state index contributed by atoms with van der Waals surface area (Å²) < 4.78 is 7.94. The monoisotopic (exact) mass is 448 g/mol. The molecule has 0 saturated heterocycles. The number of fused-ring (bicyclic) bond motifs is 1. The number of hydrogen-bond donors (Lipinski definition) is 0. The molecule has 168 valence electrons. The van der Waals surface area contributed by atoms with Crippen LogP contribution in [0.1, 0.15) is 31.7 Å². The molecule has 1 saturated carbocycles. The highest BCUT2D eigenvalue weighted by Gasteiger charge is 2.44. The Kier molecular flexibility index (Phi) is 7.30. The lowest BCUT2D eigenvalue weighted by atomic mass is 9.62. The fourth-order valence-corrected chi connectivity index (χ4v) is 4.74. The molecule has 0 aliphatic heterocycles. The van der Waals surface area contributed by atoms with E-state index < -0.39 is 13.5 Å². The molecule has 1 aliphatic rings. The van der Waals surface area contributed by atoms with Gasteiger partial charge in [0.05, 0.1) is 6.07 Å². The van der Waals surface area contributed by atoms with Gasteiger partial charge in [-0.15, -0.1) is 5.73 Å². The van der Waals surface area contributed by atoms with Gasteiger partial charge in [0.2, 0.25) is 0 Å². The van der Waals surface area contributed by atoms with Gasteiger partial charge < -0.3 is 9.30 Å². The van der Waals surface area contributed by atoms with Crippen LogP contribution in [0.4, 0.5) is 0 Å². The molecule has 0 aromatic carbocycles. The van der Waals surface area contributed by atoms with Gasteiger partial charge in [-0.1, -0.05) is 19.6 Å². The van der Waals surface area contributed by atoms with Crippen LogP contribution in [-0.4, -0.2) is 43.3 Å². The van der Waals surface area contributed by atoms with Gasteiger partial charge in [0.1, 0.15) is 18.2 Å². The number of rotatable bonds is 9. The first-order valence-electron chi connectivity index (χ1n) is 11.0. The maximum Gasteiger partial charge on any atom is 0.142 e. The number of ketones is 1. The molecular formula is C25H32N4O2Si. The van der Waals surface area contributed by atoms with Crippen LogP contribution in [0.5, 0.6) is 0 Å². The Morgan fingerprint density at radius 2 is 2.12 bits per heavy atom. The van der Waals surface area contributed by atoms with Crippen molar-refractivity contribution >= 4 is 36.7 Å². The standard InChI is InChI=1S/C25H32N4O2Si/c1-19(25(8-9-26)15-21(30)16-25)14-20(17-27-2)22-6-10-28-24-23(22)7-11-29(24)18-31-12-13-32(3,4)5/h6-7,10-11,17H,8,12-13,15-16,18H2,1-5H3. The van der Waals surface area contributed by atoms with Gasteiger partial charge in [0.25, 0.3) is 0 Å². The molecule has 6 nitrogen and oxygen atoms in total. The van der Waals surface area contributed by atoms with E-state index in [1.807, 2.05) is 29.8 Å². The summed E-state index contributed by atoms with van der Waals surface area (Å²) in [5.41, 5.74) is 6.64. The lowest BCUT2D eigenvalue weighted by molar-refractivity contribution is -0.130. The van der Waals surface area contributed by atoms with E-state index in [1.54, 1.807) is 19.5 Å². The molecule has 3 rings (SSSR count). The number of pyridine rings is 1. The van der Waals surface area contributed by atoms with Crippen LogP contribution in [-0.2, 0) is 16.3 Å². The molecule has 0 N–H and O–H groups in total. The first-order chi connectivity index (χ1) is 15.2. The number of carbonyl (C=O) groups is 1. The van der Waals surface area contributed by atoms with Gasteiger partial charge >= 0.3 is 0 Å². The third kappa shape index (κ3) is 5.33. The zero-order chi connectivity index (χ0) is 23.4. The molecule has 0 bridgehead atoms. The predicted molar refractivity (Wildman–Crippen MR) is 131 cm³/mol. The zero-order valence-corrected chi connectivity index (χ0v) is 20.7. The van der Waals surface area contributed by atoms with E-state index in [4.69, 9.17) is 4.74 Å². The highest BCUT2D eigenvalue weighted by molar-refractivity contribution is 6.76. The van der Waals surface area contributed by atoms with Gasteiger partial charge in [-0.3, -0.25) is 9.79 Å². The number of hydrogen-bond acceptors (Lipinski definition) is 5. The van der Waals surface area contributed by atoms with Gasteiger partial charge in [-0.05, 0) is 30.7 Å². The summed E-state index contributed by atoms with van der Waals surface area (Å²) in [6, 6.07) is 7.37. The fraction of sp³-hybridized carbons (Fsp3) is 0.480. The lowest BCUT2D eigenvalue weighted by Gasteiger charge is -2.38. The highest BCUT2D eigenvalue weighted by atomic mass is 28.3. The molecule has 0 radical (unpaired) electrons. The second kappa shape index (κ2) is 9.79. The number of aromatic nitrogens is 2. The number of allylic oxidation sites excluding steroid dienone is 1. The average molecular weight is 449 g/mol. The Morgan fingerprint density at radius 1 is 1.38 bits per heavy atom. The first kappa shape index (κ1) is 23.9. The Hall–Kier alpha value is -2.78. The van der Waals surface area contributed by atoms with Crippen molar-refractivity contribution in [3.63, 3.8) is 0 Å². The predicted octanol–water partition coefficient (Wildman–Crippen LogP) is 5.24. The Labute approximate surface area is 191 Å². The summed E-state index contributed by atoms with van der Waals surface area (Å²) in [5.74, 6) is 0.199. The average Bonchev–Trinajstić information content (AvgIpc) is 3.12. The van der Waals surface area contributed by atoms with Crippen molar-refractivity contribution in [1.82, 2.24) is 9.55 Å². The minimum atomic E-state index is -1.13. The summed E-state index contributed by atoms with van der Waals surface area (Å²) in [6.45, 7) is 10.2. The van der Waals surface area contributed by atoms with E-state index in [0.717, 1.165) is 40.4 Å². The second-order valence-electron chi connectivity index (χ2n) is 9.79. The van der Waals surface area contributed by atoms with Crippen molar-refractivity contribution in [3.05, 3.63) is 41.4 Å². The number of Topliss-reactive ketones (excluding diaryl/α,β-unsaturated/α-hetero) is 1. The fourth-order valence-electron chi connectivity index (χ4n) is 3.98. The van der Waals surface area contributed by atoms with Crippen LogP contribution in [0.3, 0.4) is 0 Å². The summed E-state index contributed by atoms with van der Waals surface area (Å²) in [6.07, 6.45) is 6.70. The molecule has 2 aromatic rings. The zero-order valence-electron chi connectivity index (χ0n) is 19.7. The van der Waals surface area contributed by atoms with Crippen molar-refractivity contribution in [2.45, 2.75) is 58.6 Å².